The highest BCUT2D eigenvalue weighted by Gasteiger charge is 2.25. The average Bonchev–Trinajstić information content (AvgIpc) is 2.48. The molecule has 0 fully saturated rings. The smallest absolute Gasteiger partial charge is 0.336 e. The molecular weight excluding hydrogens is 168 g/mol. The van der Waals surface area contributed by atoms with Crippen LogP contribution in [-0.4, -0.2) is 17.7 Å². The van der Waals surface area contributed by atoms with Gasteiger partial charge in [0.05, 0.1) is 12.2 Å². The zero-order valence-electron chi connectivity index (χ0n) is 7.28. The lowest BCUT2D eigenvalue weighted by Crippen LogP contribution is -2.03. The molecule has 2 rings (SSSR count). The number of aromatic carboxylic acids is 1. The van der Waals surface area contributed by atoms with Gasteiger partial charge in [-0.15, -0.1) is 0 Å². The predicted molar refractivity (Wildman–Crippen MR) is 47.3 cm³/mol. The molecule has 68 valence electrons. The van der Waals surface area contributed by atoms with Crippen LogP contribution in [0.1, 0.15) is 28.8 Å². The van der Waals surface area contributed by atoms with Gasteiger partial charge in [-0.3, -0.25) is 0 Å². The van der Waals surface area contributed by atoms with Crippen molar-refractivity contribution in [3.8, 4) is 5.75 Å². The number of benzene rings is 1. The van der Waals surface area contributed by atoms with E-state index in [0.29, 0.717) is 17.9 Å². The van der Waals surface area contributed by atoms with Crippen LogP contribution in [0.25, 0.3) is 0 Å². The maximum Gasteiger partial charge on any atom is 0.336 e. The Bertz CT molecular complexity index is 357. The van der Waals surface area contributed by atoms with E-state index in [9.17, 15) is 4.79 Å². The Balaban J connectivity index is 2.60. The lowest BCUT2D eigenvalue weighted by Gasteiger charge is -2.04. The van der Waals surface area contributed by atoms with Crippen LogP contribution in [0.5, 0.6) is 5.75 Å². The predicted octanol–water partition coefficient (Wildman–Crippen LogP) is 1.88. The fraction of sp³-hybridized carbons (Fsp3) is 0.300. The molecule has 3 nitrogen and oxygen atoms in total. The van der Waals surface area contributed by atoms with Crippen LogP contribution in [-0.2, 0) is 0 Å². The van der Waals surface area contributed by atoms with Gasteiger partial charge in [-0.1, -0.05) is 13.0 Å². The molecule has 1 heterocycles. The van der Waals surface area contributed by atoms with Gasteiger partial charge >= 0.3 is 5.97 Å². The van der Waals surface area contributed by atoms with E-state index in [1.807, 2.05) is 13.0 Å². The van der Waals surface area contributed by atoms with Crippen LogP contribution in [0, 0.1) is 0 Å². The summed E-state index contributed by atoms with van der Waals surface area (Å²) < 4.78 is 5.34. The van der Waals surface area contributed by atoms with E-state index in [1.54, 1.807) is 12.1 Å². The van der Waals surface area contributed by atoms with E-state index in [1.165, 1.54) is 0 Å². The summed E-state index contributed by atoms with van der Waals surface area (Å²) in [4.78, 5) is 10.9. The molecular formula is C10H10O3. The van der Waals surface area contributed by atoms with Crippen molar-refractivity contribution in [1.82, 2.24) is 0 Å². The molecule has 1 aromatic rings. The molecule has 1 N–H and O–H groups in total. The molecule has 1 aliphatic rings. The Morgan fingerprint density at radius 1 is 1.62 bits per heavy atom. The zero-order valence-corrected chi connectivity index (χ0v) is 7.28. The second-order valence-corrected chi connectivity index (χ2v) is 3.23. The highest BCUT2D eigenvalue weighted by molar-refractivity contribution is 5.90. The molecule has 0 aliphatic carbocycles. The fourth-order valence-corrected chi connectivity index (χ4v) is 1.66. The second-order valence-electron chi connectivity index (χ2n) is 3.23. The van der Waals surface area contributed by atoms with Crippen molar-refractivity contribution < 1.29 is 14.6 Å². The number of ether oxygens (including phenoxy) is 1. The maximum absolute atomic E-state index is 10.9. The molecule has 0 amide bonds. The molecule has 0 aromatic heterocycles. The molecule has 1 atom stereocenters. The Kier molecular flexibility index (Phi) is 1.72. The average molecular weight is 178 g/mol. The Morgan fingerprint density at radius 3 is 3.08 bits per heavy atom. The van der Waals surface area contributed by atoms with Gasteiger partial charge in [0.25, 0.3) is 0 Å². The van der Waals surface area contributed by atoms with Crippen LogP contribution in [0.4, 0.5) is 0 Å². The minimum Gasteiger partial charge on any atom is -0.493 e. The van der Waals surface area contributed by atoms with E-state index in [2.05, 4.69) is 0 Å². The lowest BCUT2D eigenvalue weighted by molar-refractivity contribution is 0.0695. The Hall–Kier alpha value is -1.51. The third-order valence-corrected chi connectivity index (χ3v) is 2.28. The number of rotatable bonds is 1. The Morgan fingerprint density at radius 2 is 2.38 bits per heavy atom. The largest absolute Gasteiger partial charge is 0.493 e. The number of carboxylic acids is 1. The normalized spacial score (nSPS) is 19.3. The summed E-state index contributed by atoms with van der Waals surface area (Å²) in [5.74, 6) is 0.0175. The minimum atomic E-state index is -0.880. The van der Waals surface area contributed by atoms with Crippen LogP contribution >= 0.6 is 0 Å². The standard InChI is InChI=1S/C10H10O3/c1-6-5-13-8-4-2-3-7(9(6)8)10(11)12/h2-4,6H,5H2,1H3,(H,11,12). The summed E-state index contributed by atoms with van der Waals surface area (Å²) in [5.41, 5.74) is 1.19. The molecule has 0 saturated carbocycles. The first kappa shape index (κ1) is 8.10. The number of carbonyl (C=O) groups is 1. The summed E-state index contributed by atoms with van der Waals surface area (Å²) in [6.07, 6.45) is 0. The van der Waals surface area contributed by atoms with Gasteiger partial charge in [0, 0.05) is 11.5 Å². The molecule has 0 saturated heterocycles. The molecule has 0 spiro atoms. The lowest BCUT2D eigenvalue weighted by atomic mass is 9.97. The second kappa shape index (κ2) is 2.76. The van der Waals surface area contributed by atoms with Crippen molar-refractivity contribution in [3.63, 3.8) is 0 Å². The van der Waals surface area contributed by atoms with Crippen LogP contribution in [0.2, 0.25) is 0 Å². The topological polar surface area (TPSA) is 46.5 Å². The van der Waals surface area contributed by atoms with E-state index >= 15 is 0 Å². The van der Waals surface area contributed by atoms with Crippen LogP contribution in [0.3, 0.4) is 0 Å². The van der Waals surface area contributed by atoms with Crippen molar-refractivity contribution >= 4 is 5.97 Å². The number of hydrogen-bond acceptors (Lipinski definition) is 2. The van der Waals surface area contributed by atoms with Gasteiger partial charge in [0.2, 0.25) is 0 Å². The van der Waals surface area contributed by atoms with Gasteiger partial charge in [-0.2, -0.15) is 0 Å². The number of fused-ring (bicyclic) bond motifs is 1. The van der Waals surface area contributed by atoms with Gasteiger partial charge in [0.1, 0.15) is 5.75 Å². The van der Waals surface area contributed by atoms with Gasteiger partial charge in [-0.05, 0) is 12.1 Å². The highest BCUT2D eigenvalue weighted by Crippen LogP contribution is 2.35. The van der Waals surface area contributed by atoms with Gasteiger partial charge < -0.3 is 9.84 Å². The third-order valence-electron chi connectivity index (χ3n) is 2.28. The quantitative estimate of drug-likeness (QED) is 0.714. The minimum absolute atomic E-state index is 0.183. The van der Waals surface area contributed by atoms with Crippen LogP contribution < -0.4 is 4.74 Å². The van der Waals surface area contributed by atoms with E-state index < -0.39 is 5.97 Å². The first-order valence-electron chi connectivity index (χ1n) is 4.19. The monoisotopic (exact) mass is 178 g/mol. The Labute approximate surface area is 76.0 Å². The van der Waals surface area contributed by atoms with Crippen molar-refractivity contribution in [1.29, 1.82) is 0 Å². The molecule has 0 bridgehead atoms. The molecule has 1 aromatic carbocycles. The zero-order chi connectivity index (χ0) is 9.42. The molecule has 1 unspecified atom stereocenters. The van der Waals surface area contributed by atoms with Crippen molar-refractivity contribution in [2.24, 2.45) is 0 Å². The third kappa shape index (κ3) is 1.16. The summed E-state index contributed by atoms with van der Waals surface area (Å²) in [7, 11) is 0. The van der Waals surface area contributed by atoms with Crippen molar-refractivity contribution in [3.05, 3.63) is 29.3 Å². The molecule has 3 heteroatoms. The fourth-order valence-electron chi connectivity index (χ4n) is 1.66. The van der Waals surface area contributed by atoms with Crippen molar-refractivity contribution in [2.45, 2.75) is 12.8 Å². The maximum atomic E-state index is 10.9. The summed E-state index contributed by atoms with van der Waals surface area (Å²) in [6.45, 7) is 2.55. The van der Waals surface area contributed by atoms with Gasteiger partial charge in [-0.25, -0.2) is 4.79 Å². The number of hydrogen-bond donors (Lipinski definition) is 1. The van der Waals surface area contributed by atoms with E-state index in [4.69, 9.17) is 9.84 Å². The highest BCUT2D eigenvalue weighted by atomic mass is 16.5. The SMILES string of the molecule is CC1COc2cccc(C(=O)O)c21. The van der Waals surface area contributed by atoms with Gasteiger partial charge in [0.15, 0.2) is 0 Å². The summed E-state index contributed by atoms with van der Waals surface area (Å²) in [5, 5.41) is 8.91. The summed E-state index contributed by atoms with van der Waals surface area (Å²) >= 11 is 0. The molecule has 0 radical (unpaired) electrons. The van der Waals surface area contributed by atoms with Crippen LogP contribution in [0.15, 0.2) is 18.2 Å². The molecule has 1 aliphatic heterocycles. The van der Waals surface area contributed by atoms with E-state index in [-0.39, 0.29) is 5.92 Å². The van der Waals surface area contributed by atoms with E-state index in [0.717, 1.165) is 5.56 Å². The number of carboxylic acid groups (broad SMARTS) is 1. The first-order valence-corrected chi connectivity index (χ1v) is 4.19. The summed E-state index contributed by atoms with van der Waals surface area (Å²) in [6, 6.07) is 5.14. The van der Waals surface area contributed by atoms with Crippen molar-refractivity contribution in [2.75, 3.05) is 6.61 Å². The molecule has 13 heavy (non-hydrogen) atoms. The first-order chi connectivity index (χ1) is 6.20.